The summed E-state index contributed by atoms with van der Waals surface area (Å²) in [5.41, 5.74) is 1.11. The van der Waals surface area contributed by atoms with Crippen molar-refractivity contribution in [3.8, 4) is 0 Å². The van der Waals surface area contributed by atoms with Crippen molar-refractivity contribution in [2.24, 2.45) is 5.92 Å². The second-order valence-corrected chi connectivity index (χ2v) is 4.98. The Kier molecular flexibility index (Phi) is 2.64. The van der Waals surface area contributed by atoms with E-state index in [0.717, 1.165) is 5.56 Å². The van der Waals surface area contributed by atoms with Crippen LogP contribution in [0.3, 0.4) is 0 Å². The van der Waals surface area contributed by atoms with Gasteiger partial charge in [-0.2, -0.15) is 0 Å². The van der Waals surface area contributed by atoms with Gasteiger partial charge in [0.05, 0.1) is 12.5 Å². The van der Waals surface area contributed by atoms with Gasteiger partial charge in [-0.25, -0.2) is 8.78 Å². The molecule has 17 heavy (non-hydrogen) atoms. The van der Waals surface area contributed by atoms with Crippen molar-refractivity contribution in [1.82, 2.24) is 10.2 Å². The molecule has 0 aliphatic carbocycles. The Morgan fingerprint density at radius 1 is 1.24 bits per heavy atom. The van der Waals surface area contributed by atoms with E-state index in [9.17, 15) is 8.78 Å². The van der Waals surface area contributed by atoms with Gasteiger partial charge in [0, 0.05) is 25.7 Å². The second-order valence-electron chi connectivity index (χ2n) is 4.98. The van der Waals surface area contributed by atoms with Crippen molar-refractivity contribution in [1.29, 1.82) is 0 Å². The van der Waals surface area contributed by atoms with E-state index in [1.807, 2.05) is 35.2 Å². The maximum atomic E-state index is 13.8. The predicted molar refractivity (Wildman–Crippen MR) is 61.9 cm³/mol. The first-order valence-electron chi connectivity index (χ1n) is 6.03. The van der Waals surface area contributed by atoms with Crippen molar-refractivity contribution in [3.05, 3.63) is 35.9 Å². The molecule has 0 radical (unpaired) electrons. The van der Waals surface area contributed by atoms with E-state index in [1.165, 1.54) is 0 Å². The second kappa shape index (κ2) is 4.03. The molecule has 2 unspecified atom stereocenters. The van der Waals surface area contributed by atoms with Crippen molar-refractivity contribution < 1.29 is 8.78 Å². The summed E-state index contributed by atoms with van der Waals surface area (Å²) in [6, 6.07) is 9.83. The fraction of sp³-hybridized carbons (Fsp3) is 0.538. The van der Waals surface area contributed by atoms with Gasteiger partial charge in [-0.3, -0.25) is 4.90 Å². The van der Waals surface area contributed by atoms with Gasteiger partial charge in [-0.05, 0) is 5.56 Å². The fourth-order valence-corrected chi connectivity index (χ4v) is 2.98. The van der Waals surface area contributed by atoms with Crippen LogP contribution in [0.25, 0.3) is 0 Å². The van der Waals surface area contributed by atoms with Crippen LogP contribution in [0.1, 0.15) is 5.56 Å². The van der Waals surface area contributed by atoms with Crippen LogP contribution in [-0.4, -0.2) is 36.5 Å². The molecule has 2 heterocycles. The van der Waals surface area contributed by atoms with E-state index in [-0.39, 0.29) is 12.6 Å². The summed E-state index contributed by atoms with van der Waals surface area (Å²) < 4.78 is 27.5. The summed E-state index contributed by atoms with van der Waals surface area (Å²) >= 11 is 0. The Bertz CT molecular complexity index is 394. The average molecular weight is 238 g/mol. The third-order valence-electron chi connectivity index (χ3n) is 3.84. The normalized spacial score (nSPS) is 31.6. The number of likely N-dealkylation sites (tertiary alicyclic amines) is 1. The van der Waals surface area contributed by atoms with Gasteiger partial charge in [0.15, 0.2) is 0 Å². The topological polar surface area (TPSA) is 15.3 Å². The van der Waals surface area contributed by atoms with Gasteiger partial charge in [0.1, 0.15) is 0 Å². The number of nitrogens with one attached hydrogen (secondary N) is 1. The monoisotopic (exact) mass is 238 g/mol. The van der Waals surface area contributed by atoms with Crippen molar-refractivity contribution in [3.63, 3.8) is 0 Å². The Hall–Kier alpha value is -1.00. The lowest BCUT2D eigenvalue weighted by atomic mass is 10.0. The molecule has 3 rings (SSSR count). The number of rotatable bonds is 2. The summed E-state index contributed by atoms with van der Waals surface area (Å²) in [5.74, 6) is -3.05. The molecular weight excluding hydrogens is 222 g/mol. The predicted octanol–water partition coefficient (Wildman–Crippen LogP) is 1.73. The largest absolute Gasteiger partial charge is 0.315 e. The van der Waals surface area contributed by atoms with Crippen LogP contribution in [0, 0.1) is 5.92 Å². The maximum Gasteiger partial charge on any atom is 0.266 e. The molecule has 0 amide bonds. The molecule has 2 aliphatic heterocycles. The Balaban J connectivity index is 1.77. The molecule has 1 aromatic rings. The zero-order chi connectivity index (χ0) is 11.9. The molecule has 0 bridgehead atoms. The molecule has 92 valence electrons. The molecule has 0 saturated carbocycles. The fourth-order valence-electron chi connectivity index (χ4n) is 2.98. The number of nitrogens with zero attached hydrogens (tertiary/aromatic N) is 1. The van der Waals surface area contributed by atoms with E-state index in [0.29, 0.717) is 19.6 Å². The molecule has 1 aromatic carbocycles. The van der Waals surface area contributed by atoms with E-state index in [2.05, 4.69) is 5.32 Å². The number of halogens is 2. The maximum absolute atomic E-state index is 13.8. The van der Waals surface area contributed by atoms with Crippen molar-refractivity contribution in [2.75, 3.05) is 19.6 Å². The van der Waals surface area contributed by atoms with Gasteiger partial charge in [0.2, 0.25) is 0 Å². The Morgan fingerprint density at radius 3 is 2.76 bits per heavy atom. The van der Waals surface area contributed by atoms with Gasteiger partial charge in [-0.15, -0.1) is 0 Å². The highest BCUT2D eigenvalue weighted by Gasteiger charge is 2.55. The first-order valence-corrected chi connectivity index (χ1v) is 6.03. The summed E-state index contributed by atoms with van der Waals surface area (Å²) in [4.78, 5) is 1.92. The quantitative estimate of drug-likeness (QED) is 0.844. The smallest absolute Gasteiger partial charge is 0.266 e. The van der Waals surface area contributed by atoms with E-state index in [1.54, 1.807) is 0 Å². The van der Waals surface area contributed by atoms with Crippen LogP contribution in [0.15, 0.2) is 30.3 Å². The molecule has 2 atom stereocenters. The van der Waals surface area contributed by atoms with Crippen LogP contribution < -0.4 is 5.32 Å². The molecule has 1 N–H and O–H groups in total. The van der Waals surface area contributed by atoms with Crippen LogP contribution in [0.4, 0.5) is 8.78 Å². The molecular formula is C13H16F2N2. The van der Waals surface area contributed by atoms with Gasteiger partial charge in [0.25, 0.3) is 5.92 Å². The number of fused-ring (bicyclic) bond motifs is 1. The molecule has 2 aliphatic rings. The third kappa shape index (κ3) is 1.96. The average Bonchev–Trinajstić information content (AvgIpc) is 2.85. The molecule has 2 fully saturated rings. The summed E-state index contributed by atoms with van der Waals surface area (Å²) in [7, 11) is 0. The van der Waals surface area contributed by atoms with Crippen LogP contribution >= 0.6 is 0 Å². The first-order chi connectivity index (χ1) is 8.17. The highest BCUT2D eigenvalue weighted by atomic mass is 19.3. The SMILES string of the molecule is FC1(F)CN(Cc2ccccc2)C2CNCC21. The lowest BCUT2D eigenvalue weighted by molar-refractivity contribution is -0.0245. The van der Waals surface area contributed by atoms with Crippen LogP contribution in [-0.2, 0) is 6.54 Å². The minimum atomic E-state index is -2.54. The lowest BCUT2D eigenvalue weighted by Gasteiger charge is -2.21. The number of hydrogen-bond donors (Lipinski definition) is 1. The molecule has 2 saturated heterocycles. The van der Waals surface area contributed by atoms with Crippen LogP contribution in [0.5, 0.6) is 0 Å². The Morgan fingerprint density at radius 2 is 2.00 bits per heavy atom. The first kappa shape index (κ1) is 11.1. The third-order valence-corrected chi connectivity index (χ3v) is 3.84. The standard InChI is InChI=1S/C13H16F2N2/c14-13(15)9-17(12-7-16-6-11(12)13)8-10-4-2-1-3-5-10/h1-5,11-12,16H,6-9H2. The number of hydrogen-bond acceptors (Lipinski definition) is 2. The van der Waals surface area contributed by atoms with Crippen LogP contribution in [0.2, 0.25) is 0 Å². The summed E-state index contributed by atoms with van der Waals surface area (Å²) in [5, 5.41) is 3.07. The highest BCUT2D eigenvalue weighted by Crippen LogP contribution is 2.40. The molecule has 0 aromatic heterocycles. The summed E-state index contributed by atoms with van der Waals surface area (Å²) in [6.45, 7) is 1.66. The molecule has 2 nitrogen and oxygen atoms in total. The van der Waals surface area contributed by atoms with E-state index in [4.69, 9.17) is 0 Å². The van der Waals surface area contributed by atoms with E-state index >= 15 is 0 Å². The number of alkyl halides is 2. The summed E-state index contributed by atoms with van der Waals surface area (Å²) in [6.07, 6.45) is 0. The lowest BCUT2D eigenvalue weighted by Crippen LogP contribution is -2.34. The van der Waals surface area contributed by atoms with Gasteiger partial charge in [-0.1, -0.05) is 30.3 Å². The highest BCUT2D eigenvalue weighted by molar-refractivity contribution is 5.16. The van der Waals surface area contributed by atoms with Crippen molar-refractivity contribution in [2.45, 2.75) is 18.5 Å². The minimum Gasteiger partial charge on any atom is -0.315 e. The van der Waals surface area contributed by atoms with E-state index < -0.39 is 11.8 Å². The molecule has 0 spiro atoms. The van der Waals surface area contributed by atoms with Gasteiger partial charge >= 0.3 is 0 Å². The molecule has 4 heteroatoms. The number of benzene rings is 1. The Labute approximate surface area is 99.6 Å². The van der Waals surface area contributed by atoms with Gasteiger partial charge < -0.3 is 5.32 Å². The minimum absolute atomic E-state index is 0.00907. The van der Waals surface area contributed by atoms with Crippen molar-refractivity contribution >= 4 is 0 Å². The zero-order valence-electron chi connectivity index (χ0n) is 9.57. The zero-order valence-corrected chi connectivity index (χ0v) is 9.57.